The van der Waals surface area contributed by atoms with Gasteiger partial charge in [0.2, 0.25) is 0 Å². The molecule has 44 valence electrons. The van der Waals surface area contributed by atoms with Gasteiger partial charge in [-0.3, -0.25) is 0 Å². The third-order valence-electron chi connectivity index (χ3n) is 1.70. The summed E-state index contributed by atoms with van der Waals surface area (Å²) in [6.45, 7) is 5.53. The fourth-order valence-corrected chi connectivity index (χ4v) is 0.973. The number of hydrogen-bond acceptors (Lipinski definition) is 1. The van der Waals surface area contributed by atoms with Gasteiger partial charge in [0.1, 0.15) is 0 Å². The lowest BCUT2D eigenvalue weighted by atomic mass is 10.2. The summed E-state index contributed by atoms with van der Waals surface area (Å²) in [5.74, 6) is 1.18. The van der Waals surface area contributed by atoms with Crippen LogP contribution in [0.15, 0.2) is 12.7 Å². The van der Waals surface area contributed by atoms with Crippen LogP contribution in [0.25, 0.3) is 0 Å². The summed E-state index contributed by atoms with van der Waals surface area (Å²) in [6.07, 6.45) is 3.11. The lowest BCUT2D eigenvalue weighted by Crippen LogP contribution is -1.91. The molecule has 0 radical (unpaired) electrons. The molecule has 0 bridgehead atoms. The summed E-state index contributed by atoms with van der Waals surface area (Å²) in [7, 11) is 0. The van der Waals surface area contributed by atoms with Gasteiger partial charge >= 0.3 is 0 Å². The van der Waals surface area contributed by atoms with Gasteiger partial charge in [0.15, 0.2) is 0 Å². The highest BCUT2D eigenvalue weighted by Crippen LogP contribution is 2.39. The zero-order chi connectivity index (χ0) is 6.15. The van der Waals surface area contributed by atoms with Crippen molar-refractivity contribution < 1.29 is 0 Å². The van der Waals surface area contributed by atoms with Crippen molar-refractivity contribution in [1.82, 2.24) is 0 Å². The number of nitrogens with one attached hydrogen (secondary N) is 1. The van der Waals surface area contributed by atoms with Crippen molar-refractivity contribution >= 4 is 5.71 Å². The van der Waals surface area contributed by atoms with Crippen LogP contribution in [-0.2, 0) is 0 Å². The van der Waals surface area contributed by atoms with Gasteiger partial charge in [0, 0.05) is 11.6 Å². The predicted molar refractivity (Wildman–Crippen MR) is 35.2 cm³/mol. The maximum atomic E-state index is 7.20. The Morgan fingerprint density at radius 1 is 1.88 bits per heavy atom. The molecule has 0 spiro atoms. The number of hydrogen-bond donors (Lipinski definition) is 1. The highest BCUT2D eigenvalue weighted by Gasteiger charge is 2.35. The molecule has 1 saturated carbocycles. The second-order valence-electron chi connectivity index (χ2n) is 2.42. The highest BCUT2D eigenvalue weighted by atomic mass is 14.5. The van der Waals surface area contributed by atoms with Gasteiger partial charge in [-0.25, -0.2) is 0 Å². The molecule has 1 rings (SSSR count). The molecule has 1 fully saturated rings. The van der Waals surface area contributed by atoms with Crippen LogP contribution < -0.4 is 0 Å². The predicted octanol–water partition coefficient (Wildman–Crippen LogP) is 1.85. The van der Waals surface area contributed by atoms with E-state index in [0.717, 1.165) is 5.71 Å². The van der Waals surface area contributed by atoms with Gasteiger partial charge in [-0.1, -0.05) is 6.08 Å². The Kier molecular flexibility index (Phi) is 1.20. The summed E-state index contributed by atoms with van der Waals surface area (Å²) >= 11 is 0. The third-order valence-corrected chi connectivity index (χ3v) is 1.70. The first-order chi connectivity index (χ1) is 3.75. The van der Waals surface area contributed by atoms with E-state index < -0.39 is 0 Å². The van der Waals surface area contributed by atoms with Crippen molar-refractivity contribution in [3.63, 3.8) is 0 Å². The lowest BCUT2D eigenvalue weighted by Gasteiger charge is -1.86. The van der Waals surface area contributed by atoms with Gasteiger partial charge in [0.05, 0.1) is 0 Å². The quantitative estimate of drug-likeness (QED) is 0.413. The summed E-state index contributed by atoms with van der Waals surface area (Å²) in [6, 6.07) is 0. The molecule has 0 heterocycles. The van der Waals surface area contributed by atoms with Crippen molar-refractivity contribution in [2.24, 2.45) is 11.8 Å². The van der Waals surface area contributed by atoms with E-state index in [0.29, 0.717) is 11.8 Å². The van der Waals surface area contributed by atoms with Crippen molar-refractivity contribution in [2.75, 3.05) is 0 Å². The fraction of sp³-hybridized carbons (Fsp3) is 0.571. The summed E-state index contributed by atoms with van der Waals surface area (Å²) < 4.78 is 0. The Balaban J connectivity index is 2.36. The summed E-state index contributed by atoms with van der Waals surface area (Å²) in [4.78, 5) is 0. The molecule has 8 heavy (non-hydrogen) atoms. The average Bonchev–Trinajstić information content (AvgIpc) is 2.42. The second-order valence-corrected chi connectivity index (χ2v) is 2.42. The van der Waals surface area contributed by atoms with E-state index in [4.69, 9.17) is 5.41 Å². The lowest BCUT2D eigenvalue weighted by molar-refractivity contribution is 1.02. The monoisotopic (exact) mass is 109 g/mol. The molecule has 1 aliphatic rings. The molecule has 2 unspecified atom stereocenters. The second kappa shape index (κ2) is 1.73. The van der Waals surface area contributed by atoms with Crippen LogP contribution in [0.5, 0.6) is 0 Å². The Bertz CT molecular complexity index is 126. The Morgan fingerprint density at radius 2 is 2.50 bits per heavy atom. The number of rotatable bonds is 2. The van der Waals surface area contributed by atoms with Crippen LogP contribution in [-0.4, -0.2) is 5.71 Å². The minimum Gasteiger partial charge on any atom is -0.310 e. The SMILES string of the molecule is C=CC1CC1C(C)=N. The molecule has 0 saturated heterocycles. The maximum Gasteiger partial charge on any atom is 0.00952 e. The molecule has 1 N–H and O–H groups in total. The fourth-order valence-electron chi connectivity index (χ4n) is 0.973. The van der Waals surface area contributed by atoms with Gasteiger partial charge in [-0.05, 0) is 19.3 Å². The Hall–Kier alpha value is -0.590. The molecule has 0 aromatic rings. The van der Waals surface area contributed by atoms with Gasteiger partial charge in [0.25, 0.3) is 0 Å². The first kappa shape index (κ1) is 5.54. The molecule has 2 atom stereocenters. The molecule has 0 aromatic heterocycles. The molecule has 0 amide bonds. The first-order valence-electron chi connectivity index (χ1n) is 2.93. The van der Waals surface area contributed by atoms with Crippen LogP contribution in [0.4, 0.5) is 0 Å². The Morgan fingerprint density at radius 3 is 2.62 bits per heavy atom. The van der Waals surface area contributed by atoms with E-state index in [9.17, 15) is 0 Å². The molecule has 1 heteroatoms. The van der Waals surface area contributed by atoms with Crippen molar-refractivity contribution in [1.29, 1.82) is 5.41 Å². The molecule has 1 aliphatic carbocycles. The van der Waals surface area contributed by atoms with Crippen molar-refractivity contribution in [2.45, 2.75) is 13.3 Å². The first-order valence-corrected chi connectivity index (χ1v) is 2.93. The number of allylic oxidation sites excluding steroid dienone is 1. The molecule has 1 nitrogen and oxygen atoms in total. The van der Waals surface area contributed by atoms with E-state index in [-0.39, 0.29) is 0 Å². The van der Waals surface area contributed by atoms with E-state index >= 15 is 0 Å². The van der Waals surface area contributed by atoms with Crippen molar-refractivity contribution in [3.8, 4) is 0 Å². The van der Waals surface area contributed by atoms with Gasteiger partial charge < -0.3 is 5.41 Å². The van der Waals surface area contributed by atoms with Gasteiger partial charge in [-0.15, -0.1) is 6.58 Å². The zero-order valence-electron chi connectivity index (χ0n) is 5.15. The molecular formula is C7H11N. The van der Waals surface area contributed by atoms with E-state index in [1.54, 1.807) is 0 Å². The minimum absolute atomic E-state index is 0.549. The van der Waals surface area contributed by atoms with Crippen LogP contribution in [0.2, 0.25) is 0 Å². The smallest absolute Gasteiger partial charge is 0.00952 e. The highest BCUT2D eigenvalue weighted by molar-refractivity contribution is 5.84. The van der Waals surface area contributed by atoms with Crippen LogP contribution in [0, 0.1) is 17.2 Å². The third kappa shape index (κ3) is 0.808. The van der Waals surface area contributed by atoms with Crippen LogP contribution in [0.1, 0.15) is 13.3 Å². The molecular weight excluding hydrogens is 98.1 g/mol. The minimum atomic E-state index is 0.549. The zero-order valence-corrected chi connectivity index (χ0v) is 5.15. The normalized spacial score (nSPS) is 34.1. The summed E-state index contributed by atoms with van der Waals surface area (Å²) in [5, 5.41) is 7.20. The van der Waals surface area contributed by atoms with Crippen LogP contribution in [0.3, 0.4) is 0 Å². The topological polar surface area (TPSA) is 23.9 Å². The standard InChI is InChI=1S/C7H11N/c1-3-6-4-7(6)5(2)8/h3,6-8H,1,4H2,2H3. The molecule has 0 aliphatic heterocycles. The molecule has 0 aromatic carbocycles. The Labute approximate surface area is 49.9 Å². The maximum absolute atomic E-state index is 7.20. The van der Waals surface area contributed by atoms with E-state index in [1.807, 2.05) is 13.0 Å². The van der Waals surface area contributed by atoms with E-state index in [2.05, 4.69) is 6.58 Å². The van der Waals surface area contributed by atoms with Crippen LogP contribution >= 0.6 is 0 Å². The largest absolute Gasteiger partial charge is 0.310 e. The van der Waals surface area contributed by atoms with Gasteiger partial charge in [-0.2, -0.15) is 0 Å². The van der Waals surface area contributed by atoms with E-state index in [1.165, 1.54) is 6.42 Å². The van der Waals surface area contributed by atoms with Crippen molar-refractivity contribution in [3.05, 3.63) is 12.7 Å². The average molecular weight is 109 g/mol. The summed E-state index contributed by atoms with van der Waals surface area (Å²) in [5.41, 5.74) is 0.815.